The fraction of sp³-hybridized carbons (Fsp3) is 0.625. The molecule has 0 aromatic rings. The third-order valence-corrected chi connectivity index (χ3v) is 2.13. The van der Waals surface area contributed by atoms with Gasteiger partial charge in [0.05, 0.1) is 12.6 Å². The number of hydrogen-bond acceptors (Lipinski definition) is 3. The van der Waals surface area contributed by atoms with Crippen molar-refractivity contribution in [2.45, 2.75) is 18.4 Å². The molecular formula is C8H9F2N3O3. The summed E-state index contributed by atoms with van der Waals surface area (Å²) in [6.07, 6.45) is -2.13. The number of likely N-dealkylation sites (tertiary alicyclic amines) is 1. The average Bonchev–Trinajstić information content (AvgIpc) is 2.50. The van der Waals surface area contributed by atoms with Gasteiger partial charge in [-0.1, -0.05) is 0 Å². The molecule has 1 rings (SSSR count). The Balaban J connectivity index is 2.62. The summed E-state index contributed by atoms with van der Waals surface area (Å²) in [6, 6.07) is 0.392. The molecule has 0 radical (unpaired) electrons. The lowest BCUT2D eigenvalue weighted by Crippen LogP contribution is -2.42. The number of hydrogen-bond donors (Lipinski definition) is 2. The molecule has 2 N–H and O–H groups in total. The van der Waals surface area contributed by atoms with Crippen molar-refractivity contribution in [3.05, 3.63) is 0 Å². The fourth-order valence-corrected chi connectivity index (χ4v) is 1.45. The normalized spacial score (nSPS) is 22.6. The van der Waals surface area contributed by atoms with Crippen LogP contribution in [0.25, 0.3) is 0 Å². The highest BCUT2D eigenvalue weighted by Gasteiger charge is 2.47. The van der Waals surface area contributed by atoms with Crippen molar-refractivity contribution in [3.8, 4) is 6.07 Å². The van der Waals surface area contributed by atoms with Crippen LogP contribution in [0.15, 0.2) is 0 Å². The van der Waals surface area contributed by atoms with Gasteiger partial charge in [0, 0.05) is 6.42 Å². The fourth-order valence-electron chi connectivity index (χ4n) is 1.45. The number of nitrogens with zero attached hydrogens (tertiary/aromatic N) is 2. The molecular weight excluding hydrogens is 224 g/mol. The Kier molecular flexibility index (Phi) is 3.27. The van der Waals surface area contributed by atoms with Gasteiger partial charge in [-0.05, 0) is 0 Å². The van der Waals surface area contributed by atoms with E-state index in [4.69, 9.17) is 10.4 Å². The monoisotopic (exact) mass is 233 g/mol. The van der Waals surface area contributed by atoms with Crippen molar-refractivity contribution < 1.29 is 23.5 Å². The molecule has 6 nitrogen and oxygen atoms in total. The van der Waals surface area contributed by atoms with E-state index < -0.39 is 43.5 Å². The third-order valence-electron chi connectivity index (χ3n) is 2.13. The minimum Gasteiger partial charge on any atom is -0.465 e. The van der Waals surface area contributed by atoms with Gasteiger partial charge < -0.3 is 15.3 Å². The number of nitriles is 1. The first-order chi connectivity index (χ1) is 7.35. The van der Waals surface area contributed by atoms with Crippen LogP contribution in [-0.2, 0) is 4.79 Å². The van der Waals surface area contributed by atoms with Gasteiger partial charge >= 0.3 is 6.09 Å². The molecule has 0 aliphatic carbocycles. The maximum atomic E-state index is 12.9. The van der Waals surface area contributed by atoms with Gasteiger partial charge in [-0.25, -0.2) is 13.6 Å². The molecule has 0 bridgehead atoms. The number of carbonyl (C=O) groups is 2. The number of carbonyl (C=O) groups excluding carboxylic acids is 1. The van der Waals surface area contributed by atoms with Gasteiger partial charge in [0.2, 0.25) is 5.91 Å². The molecule has 8 heteroatoms. The van der Waals surface area contributed by atoms with Crippen LogP contribution in [0.2, 0.25) is 0 Å². The Hall–Kier alpha value is -1.91. The molecule has 0 aromatic carbocycles. The van der Waals surface area contributed by atoms with Gasteiger partial charge in [-0.2, -0.15) is 5.26 Å². The number of halogens is 2. The van der Waals surface area contributed by atoms with Gasteiger partial charge in [-0.15, -0.1) is 0 Å². The highest BCUT2D eigenvalue weighted by atomic mass is 19.3. The Morgan fingerprint density at radius 1 is 1.62 bits per heavy atom. The lowest BCUT2D eigenvalue weighted by atomic mass is 10.2. The maximum Gasteiger partial charge on any atom is 0.405 e. The van der Waals surface area contributed by atoms with Gasteiger partial charge in [0.25, 0.3) is 5.92 Å². The molecule has 1 heterocycles. The predicted molar refractivity (Wildman–Crippen MR) is 46.7 cm³/mol. The van der Waals surface area contributed by atoms with Crippen LogP contribution in [0.5, 0.6) is 0 Å². The standard InChI is InChI=1S/C8H9F2N3O3/c9-8(10)1-5(2-11)13(4-8)6(14)3-12-7(15)16/h5,12H,1,3-4H2,(H,15,16). The van der Waals surface area contributed by atoms with Crippen LogP contribution in [-0.4, -0.2) is 47.1 Å². The summed E-state index contributed by atoms with van der Waals surface area (Å²) in [5.74, 6) is -3.91. The zero-order valence-corrected chi connectivity index (χ0v) is 8.11. The second-order valence-electron chi connectivity index (χ2n) is 3.39. The summed E-state index contributed by atoms with van der Waals surface area (Å²) >= 11 is 0. The highest BCUT2D eigenvalue weighted by molar-refractivity contribution is 5.82. The predicted octanol–water partition coefficient (Wildman–Crippen LogP) is 0.0138. The first kappa shape index (κ1) is 12.2. The topological polar surface area (TPSA) is 93.4 Å². The molecule has 16 heavy (non-hydrogen) atoms. The summed E-state index contributed by atoms with van der Waals surface area (Å²) in [5, 5.41) is 18.6. The zero-order chi connectivity index (χ0) is 12.3. The van der Waals surface area contributed by atoms with E-state index >= 15 is 0 Å². The Morgan fingerprint density at radius 3 is 2.75 bits per heavy atom. The molecule has 0 aromatic heterocycles. The first-order valence-corrected chi connectivity index (χ1v) is 4.39. The van der Waals surface area contributed by atoms with Gasteiger partial charge in [-0.3, -0.25) is 4.79 Å². The van der Waals surface area contributed by atoms with Crippen LogP contribution in [0.1, 0.15) is 6.42 Å². The number of amides is 2. The molecule has 2 amide bonds. The number of alkyl halides is 2. The number of nitrogens with one attached hydrogen (secondary N) is 1. The van der Waals surface area contributed by atoms with Crippen LogP contribution < -0.4 is 5.32 Å². The first-order valence-electron chi connectivity index (χ1n) is 4.39. The largest absolute Gasteiger partial charge is 0.465 e. The maximum absolute atomic E-state index is 12.9. The minimum absolute atomic E-state index is 0.608. The Labute approximate surface area is 89.4 Å². The van der Waals surface area contributed by atoms with Crippen LogP contribution in [0.3, 0.4) is 0 Å². The smallest absolute Gasteiger partial charge is 0.405 e. The zero-order valence-electron chi connectivity index (χ0n) is 8.11. The quantitative estimate of drug-likeness (QED) is 0.702. The van der Waals surface area contributed by atoms with Crippen molar-refractivity contribution in [1.29, 1.82) is 5.26 Å². The molecule has 0 saturated carbocycles. The average molecular weight is 233 g/mol. The van der Waals surface area contributed by atoms with E-state index in [2.05, 4.69) is 0 Å². The van der Waals surface area contributed by atoms with E-state index in [1.54, 1.807) is 11.4 Å². The highest BCUT2D eigenvalue weighted by Crippen LogP contribution is 2.31. The Bertz CT molecular complexity index is 353. The summed E-state index contributed by atoms with van der Waals surface area (Å²) in [5.41, 5.74) is 0. The van der Waals surface area contributed by atoms with Crippen molar-refractivity contribution in [2.24, 2.45) is 0 Å². The van der Waals surface area contributed by atoms with E-state index in [-0.39, 0.29) is 0 Å². The van der Waals surface area contributed by atoms with Crippen LogP contribution in [0, 0.1) is 11.3 Å². The molecule has 1 fully saturated rings. The summed E-state index contributed by atoms with van der Waals surface area (Å²) in [6.45, 7) is -1.45. The van der Waals surface area contributed by atoms with Crippen molar-refractivity contribution in [3.63, 3.8) is 0 Å². The molecule has 88 valence electrons. The number of carboxylic acid groups (broad SMARTS) is 1. The van der Waals surface area contributed by atoms with E-state index in [1.807, 2.05) is 0 Å². The third kappa shape index (κ3) is 2.79. The van der Waals surface area contributed by atoms with E-state index in [1.165, 1.54) is 0 Å². The lowest BCUT2D eigenvalue weighted by molar-refractivity contribution is -0.131. The minimum atomic E-state index is -3.08. The van der Waals surface area contributed by atoms with Gasteiger partial charge in [0.15, 0.2) is 0 Å². The second-order valence-corrected chi connectivity index (χ2v) is 3.39. The van der Waals surface area contributed by atoms with Crippen molar-refractivity contribution >= 4 is 12.0 Å². The van der Waals surface area contributed by atoms with E-state index in [0.29, 0.717) is 4.90 Å². The molecule has 1 atom stereocenters. The van der Waals surface area contributed by atoms with Gasteiger partial charge in [0.1, 0.15) is 12.6 Å². The molecule has 1 aliphatic rings. The van der Waals surface area contributed by atoms with Crippen LogP contribution >= 0.6 is 0 Å². The molecule has 1 aliphatic heterocycles. The summed E-state index contributed by atoms with van der Waals surface area (Å²) < 4.78 is 25.8. The van der Waals surface area contributed by atoms with E-state index in [9.17, 15) is 18.4 Å². The summed E-state index contributed by atoms with van der Waals surface area (Å²) in [7, 11) is 0. The lowest BCUT2D eigenvalue weighted by Gasteiger charge is -2.18. The molecule has 1 saturated heterocycles. The van der Waals surface area contributed by atoms with Crippen molar-refractivity contribution in [2.75, 3.05) is 13.1 Å². The second kappa shape index (κ2) is 4.30. The SMILES string of the molecule is N#CC1CC(F)(F)CN1C(=O)CNC(=O)O. The Morgan fingerprint density at radius 2 is 2.25 bits per heavy atom. The number of rotatable bonds is 2. The molecule has 0 spiro atoms. The van der Waals surface area contributed by atoms with E-state index in [0.717, 1.165) is 0 Å². The molecule has 1 unspecified atom stereocenters. The summed E-state index contributed by atoms with van der Waals surface area (Å²) in [4.78, 5) is 22.1. The van der Waals surface area contributed by atoms with Crippen LogP contribution in [0.4, 0.5) is 13.6 Å². The van der Waals surface area contributed by atoms with Crippen molar-refractivity contribution in [1.82, 2.24) is 10.2 Å².